The Morgan fingerprint density at radius 1 is 0.952 bits per heavy atom. The lowest BCUT2D eigenvalue weighted by Crippen LogP contribution is -3.00. The molecule has 0 aliphatic carbocycles. The predicted octanol–water partition coefficient (Wildman–Crippen LogP) is -0.683. The van der Waals surface area contributed by atoms with E-state index in [0.29, 0.717) is 0 Å². The molecule has 21 heavy (non-hydrogen) atoms. The first-order chi connectivity index (χ1) is 9.34. The van der Waals surface area contributed by atoms with Gasteiger partial charge in [-0.1, -0.05) is 24.3 Å². The number of hydrogen-bond donors (Lipinski definition) is 0. The van der Waals surface area contributed by atoms with Crippen LogP contribution in [0.3, 0.4) is 0 Å². The fourth-order valence-corrected chi connectivity index (χ4v) is 3.99. The maximum absolute atomic E-state index is 5.46. The van der Waals surface area contributed by atoms with Crippen LogP contribution in [0.1, 0.15) is 11.1 Å². The number of rotatable bonds is 8. The molecule has 0 amide bonds. The van der Waals surface area contributed by atoms with Gasteiger partial charge in [-0.05, 0) is 12.0 Å². The van der Waals surface area contributed by atoms with Crippen LogP contribution in [-0.4, -0.2) is 55.8 Å². The van der Waals surface area contributed by atoms with Gasteiger partial charge in [0.25, 0.3) is 0 Å². The van der Waals surface area contributed by atoms with Gasteiger partial charge in [0.2, 0.25) is 0 Å². The van der Waals surface area contributed by atoms with E-state index in [1.807, 2.05) is 0 Å². The fraction of sp³-hybridized carbons (Fsp3) is 0.600. The topological polar surface area (TPSA) is 27.7 Å². The summed E-state index contributed by atoms with van der Waals surface area (Å²) in [7, 11) is 9.11. The Morgan fingerprint density at radius 2 is 1.48 bits per heavy atom. The Balaban J connectivity index is 0.00000400. The first-order valence-electron chi connectivity index (χ1n) is 6.88. The maximum atomic E-state index is 5.46. The molecule has 0 saturated carbocycles. The summed E-state index contributed by atoms with van der Waals surface area (Å²) in [5.74, 6) is 0. The molecule has 1 aromatic carbocycles. The van der Waals surface area contributed by atoms with Gasteiger partial charge in [0.05, 0.1) is 21.1 Å². The minimum Gasteiger partial charge on any atom is -1.00 e. The Bertz CT molecular complexity index is 411. The summed E-state index contributed by atoms with van der Waals surface area (Å²) in [6.45, 7) is 1.02. The number of quaternary nitrogens is 1. The molecule has 0 spiro atoms. The van der Waals surface area contributed by atoms with Crippen molar-refractivity contribution in [3.8, 4) is 0 Å². The third-order valence-electron chi connectivity index (χ3n) is 3.30. The van der Waals surface area contributed by atoms with Crippen LogP contribution >= 0.6 is 0 Å². The molecular weight excluding hydrogens is 306 g/mol. The fourth-order valence-electron chi connectivity index (χ4n) is 2.28. The molecule has 0 unspecified atom stereocenters. The van der Waals surface area contributed by atoms with Crippen LogP contribution in [0.2, 0.25) is 6.04 Å². The molecule has 0 N–H and O–H groups in total. The largest absolute Gasteiger partial charge is 1.00 e. The van der Waals surface area contributed by atoms with Crippen molar-refractivity contribution in [2.45, 2.75) is 19.0 Å². The number of aryl methyl sites for hydroxylation is 1. The quantitative estimate of drug-likeness (QED) is 0.466. The Morgan fingerprint density at radius 3 is 1.95 bits per heavy atom. The van der Waals surface area contributed by atoms with Crippen molar-refractivity contribution in [2.75, 3.05) is 42.5 Å². The van der Waals surface area contributed by atoms with Crippen LogP contribution in [0.4, 0.5) is 0 Å². The SMILES string of the molecule is CO[Si](CCc1cccc(C[N+](C)(C)C)c1)(OC)OC.[Cl-]. The van der Waals surface area contributed by atoms with Crippen molar-refractivity contribution in [3.63, 3.8) is 0 Å². The van der Waals surface area contributed by atoms with Gasteiger partial charge in [0, 0.05) is 32.9 Å². The molecule has 0 atom stereocenters. The minimum absolute atomic E-state index is 0. The van der Waals surface area contributed by atoms with Gasteiger partial charge in [-0.25, -0.2) is 0 Å². The highest BCUT2D eigenvalue weighted by molar-refractivity contribution is 6.60. The number of halogens is 1. The summed E-state index contributed by atoms with van der Waals surface area (Å²) in [6, 6.07) is 9.52. The smallest absolute Gasteiger partial charge is 0.500 e. The Kier molecular flexibility index (Phi) is 8.69. The van der Waals surface area contributed by atoms with E-state index >= 15 is 0 Å². The molecule has 0 aliphatic rings. The molecule has 0 radical (unpaired) electrons. The average Bonchev–Trinajstić information content (AvgIpc) is 2.39. The second-order valence-corrected chi connectivity index (χ2v) is 9.15. The van der Waals surface area contributed by atoms with E-state index in [9.17, 15) is 0 Å². The maximum Gasteiger partial charge on any atom is 0.500 e. The van der Waals surface area contributed by atoms with Crippen molar-refractivity contribution >= 4 is 8.80 Å². The molecule has 1 rings (SSSR count). The number of benzene rings is 1. The van der Waals surface area contributed by atoms with Gasteiger partial charge in [-0.15, -0.1) is 0 Å². The molecule has 6 heteroatoms. The van der Waals surface area contributed by atoms with Gasteiger partial charge in [0.15, 0.2) is 0 Å². The second kappa shape index (κ2) is 8.88. The van der Waals surface area contributed by atoms with Crippen molar-refractivity contribution < 1.29 is 30.2 Å². The molecular formula is C15H28ClNO3Si. The summed E-state index contributed by atoms with van der Waals surface area (Å²) < 4.78 is 17.3. The van der Waals surface area contributed by atoms with Gasteiger partial charge in [-0.3, -0.25) is 0 Å². The Hall–Kier alpha value is -0.433. The zero-order valence-electron chi connectivity index (χ0n) is 14.0. The normalized spacial score (nSPS) is 12.1. The monoisotopic (exact) mass is 333 g/mol. The van der Waals surface area contributed by atoms with E-state index in [1.165, 1.54) is 11.1 Å². The summed E-state index contributed by atoms with van der Waals surface area (Å²) in [6.07, 6.45) is 0.909. The van der Waals surface area contributed by atoms with E-state index < -0.39 is 8.80 Å². The van der Waals surface area contributed by atoms with Gasteiger partial charge < -0.3 is 30.2 Å². The third-order valence-corrected chi connectivity index (χ3v) is 6.03. The number of hydrogen-bond acceptors (Lipinski definition) is 3. The van der Waals surface area contributed by atoms with Gasteiger partial charge in [0.1, 0.15) is 6.54 Å². The van der Waals surface area contributed by atoms with Gasteiger partial charge >= 0.3 is 8.80 Å². The molecule has 0 aromatic heterocycles. The van der Waals surface area contributed by atoms with Crippen molar-refractivity contribution in [3.05, 3.63) is 35.4 Å². The van der Waals surface area contributed by atoms with E-state index in [1.54, 1.807) is 21.3 Å². The van der Waals surface area contributed by atoms with Gasteiger partial charge in [-0.2, -0.15) is 0 Å². The molecule has 0 bridgehead atoms. The highest BCUT2D eigenvalue weighted by atomic mass is 35.5. The highest BCUT2D eigenvalue weighted by Gasteiger charge is 2.37. The number of nitrogens with zero attached hydrogens (tertiary/aromatic N) is 1. The molecule has 0 aliphatic heterocycles. The van der Waals surface area contributed by atoms with Crippen LogP contribution in [0.5, 0.6) is 0 Å². The molecule has 0 heterocycles. The third kappa shape index (κ3) is 6.91. The molecule has 0 saturated heterocycles. The summed E-state index contributed by atoms with van der Waals surface area (Å²) >= 11 is 0. The van der Waals surface area contributed by atoms with Crippen LogP contribution in [0, 0.1) is 0 Å². The predicted molar refractivity (Wildman–Crippen MR) is 83.5 cm³/mol. The summed E-state index contributed by atoms with van der Waals surface area (Å²) in [4.78, 5) is 0. The summed E-state index contributed by atoms with van der Waals surface area (Å²) in [5, 5.41) is 0. The van der Waals surface area contributed by atoms with Crippen LogP contribution < -0.4 is 12.4 Å². The average molecular weight is 334 g/mol. The minimum atomic E-state index is -2.47. The van der Waals surface area contributed by atoms with Crippen LogP contribution in [-0.2, 0) is 26.2 Å². The zero-order valence-corrected chi connectivity index (χ0v) is 15.7. The molecule has 122 valence electrons. The van der Waals surface area contributed by atoms with E-state index in [2.05, 4.69) is 45.4 Å². The lowest BCUT2D eigenvalue weighted by atomic mass is 10.1. The first kappa shape index (κ1) is 20.6. The lowest BCUT2D eigenvalue weighted by molar-refractivity contribution is -0.884. The first-order valence-corrected chi connectivity index (χ1v) is 8.81. The van der Waals surface area contributed by atoms with Crippen LogP contribution in [0.15, 0.2) is 24.3 Å². The summed E-state index contributed by atoms with van der Waals surface area (Å²) in [5.41, 5.74) is 2.66. The Labute approximate surface area is 136 Å². The van der Waals surface area contributed by atoms with Crippen molar-refractivity contribution in [1.82, 2.24) is 0 Å². The van der Waals surface area contributed by atoms with Crippen molar-refractivity contribution in [1.29, 1.82) is 0 Å². The lowest BCUT2D eigenvalue weighted by Gasteiger charge is -2.25. The van der Waals surface area contributed by atoms with Crippen LogP contribution in [0.25, 0.3) is 0 Å². The molecule has 0 fully saturated rings. The van der Waals surface area contributed by atoms with Crippen molar-refractivity contribution in [2.24, 2.45) is 0 Å². The van der Waals surface area contributed by atoms with E-state index in [0.717, 1.165) is 23.5 Å². The molecule has 4 nitrogen and oxygen atoms in total. The van der Waals surface area contributed by atoms with E-state index in [-0.39, 0.29) is 12.4 Å². The standard InChI is InChI=1S/C15H28NO3Si.ClH/c1-16(2,3)13-15-9-7-8-14(12-15)10-11-20(17-4,18-5)19-6;/h7-9,12H,10-11,13H2,1-6H3;1H/q+1;/p-1. The van der Waals surface area contributed by atoms with E-state index in [4.69, 9.17) is 13.3 Å². The highest BCUT2D eigenvalue weighted by Crippen LogP contribution is 2.18. The molecule has 1 aromatic rings. The second-order valence-electron chi connectivity index (χ2n) is 6.06. The zero-order chi connectivity index (χ0) is 15.2.